The molecule has 1 saturated heterocycles. The highest BCUT2D eigenvalue weighted by Crippen LogP contribution is 2.18. The smallest absolute Gasteiger partial charge is 0.328 e. The van der Waals surface area contributed by atoms with E-state index in [2.05, 4.69) is 10.6 Å². The molecule has 0 aromatic rings. The second kappa shape index (κ2) is 6.04. The van der Waals surface area contributed by atoms with Gasteiger partial charge in [0.2, 0.25) is 0 Å². The molecule has 1 heterocycles. The van der Waals surface area contributed by atoms with Crippen LogP contribution in [0.5, 0.6) is 0 Å². The lowest BCUT2D eigenvalue weighted by Gasteiger charge is -2.29. The van der Waals surface area contributed by atoms with Crippen LogP contribution >= 0.6 is 0 Å². The second-order valence-corrected chi connectivity index (χ2v) is 5.27. The van der Waals surface area contributed by atoms with Gasteiger partial charge in [0.25, 0.3) is 0 Å². The molecule has 1 rings (SSSR count). The SMILES string of the molecule is CC(NC(=O)NC(C)(C)C(=O)O)C1CCOCC1. The Labute approximate surface area is 107 Å². The van der Waals surface area contributed by atoms with Gasteiger partial charge in [0, 0.05) is 19.3 Å². The molecule has 104 valence electrons. The number of carbonyl (C=O) groups excluding carboxylic acids is 1. The van der Waals surface area contributed by atoms with Crippen LogP contribution in [-0.2, 0) is 9.53 Å². The lowest BCUT2D eigenvalue weighted by atomic mass is 9.93. The van der Waals surface area contributed by atoms with Crippen molar-refractivity contribution >= 4 is 12.0 Å². The first-order valence-electron chi connectivity index (χ1n) is 6.23. The van der Waals surface area contributed by atoms with Crippen LogP contribution in [0, 0.1) is 5.92 Å². The van der Waals surface area contributed by atoms with Gasteiger partial charge in [-0.1, -0.05) is 0 Å². The molecule has 1 aliphatic heterocycles. The van der Waals surface area contributed by atoms with Gasteiger partial charge in [-0.3, -0.25) is 0 Å². The normalized spacial score (nSPS) is 19.1. The third kappa shape index (κ3) is 4.18. The zero-order chi connectivity index (χ0) is 13.8. The fourth-order valence-corrected chi connectivity index (χ4v) is 1.91. The molecule has 0 spiro atoms. The Hall–Kier alpha value is -1.30. The molecule has 1 atom stereocenters. The molecule has 2 amide bonds. The van der Waals surface area contributed by atoms with Gasteiger partial charge in [-0.05, 0) is 39.5 Å². The summed E-state index contributed by atoms with van der Waals surface area (Å²) in [5, 5.41) is 14.2. The summed E-state index contributed by atoms with van der Waals surface area (Å²) in [5.74, 6) is -0.672. The molecule has 0 saturated carbocycles. The zero-order valence-electron chi connectivity index (χ0n) is 11.2. The summed E-state index contributed by atoms with van der Waals surface area (Å²) in [6.07, 6.45) is 1.84. The average molecular weight is 258 g/mol. The minimum atomic E-state index is -1.26. The Morgan fingerprint density at radius 3 is 2.39 bits per heavy atom. The van der Waals surface area contributed by atoms with E-state index in [-0.39, 0.29) is 6.04 Å². The summed E-state index contributed by atoms with van der Waals surface area (Å²) >= 11 is 0. The lowest BCUT2D eigenvalue weighted by Crippen LogP contribution is -2.55. The highest BCUT2D eigenvalue weighted by molar-refractivity contribution is 5.85. The number of amides is 2. The molecule has 1 unspecified atom stereocenters. The molecule has 1 aliphatic rings. The van der Waals surface area contributed by atoms with Gasteiger partial charge in [-0.15, -0.1) is 0 Å². The molecule has 0 aromatic carbocycles. The molecule has 1 fully saturated rings. The fraction of sp³-hybridized carbons (Fsp3) is 0.833. The van der Waals surface area contributed by atoms with Crippen LogP contribution in [0.3, 0.4) is 0 Å². The minimum absolute atomic E-state index is 0.0125. The van der Waals surface area contributed by atoms with Gasteiger partial charge in [0.1, 0.15) is 5.54 Å². The Morgan fingerprint density at radius 1 is 1.33 bits per heavy atom. The van der Waals surface area contributed by atoms with E-state index >= 15 is 0 Å². The standard InChI is InChI=1S/C12H22N2O4/c1-8(9-4-6-18-7-5-9)13-11(17)14-12(2,3)10(15)16/h8-9H,4-7H2,1-3H3,(H,15,16)(H2,13,14,17). The Balaban J connectivity index is 2.41. The summed E-state index contributed by atoms with van der Waals surface area (Å²) in [7, 11) is 0. The Morgan fingerprint density at radius 2 is 1.89 bits per heavy atom. The molecule has 0 bridgehead atoms. The topological polar surface area (TPSA) is 87.7 Å². The van der Waals surface area contributed by atoms with Crippen LogP contribution in [0.25, 0.3) is 0 Å². The van der Waals surface area contributed by atoms with Crippen molar-refractivity contribution in [1.29, 1.82) is 0 Å². The van der Waals surface area contributed by atoms with Gasteiger partial charge in [0.15, 0.2) is 0 Å². The van der Waals surface area contributed by atoms with E-state index in [9.17, 15) is 9.59 Å². The Kier molecular flexibility index (Phi) is 4.95. The number of rotatable bonds is 4. The maximum absolute atomic E-state index is 11.7. The number of urea groups is 1. The maximum atomic E-state index is 11.7. The molecule has 6 nitrogen and oxygen atoms in total. The van der Waals surface area contributed by atoms with Crippen molar-refractivity contribution in [1.82, 2.24) is 10.6 Å². The zero-order valence-corrected chi connectivity index (χ0v) is 11.2. The summed E-state index contributed by atoms with van der Waals surface area (Å²) < 4.78 is 5.26. The molecule has 6 heteroatoms. The van der Waals surface area contributed by atoms with Crippen LogP contribution in [0.2, 0.25) is 0 Å². The number of carboxylic acid groups (broad SMARTS) is 1. The largest absolute Gasteiger partial charge is 0.480 e. The van der Waals surface area contributed by atoms with E-state index < -0.39 is 17.5 Å². The van der Waals surface area contributed by atoms with Gasteiger partial charge in [0.05, 0.1) is 0 Å². The average Bonchev–Trinajstić information content (AvgIpc) is 2.29. The van der Waals surface area contributed by atoms with Crippen LogP contribution < -0.4 is 10.6 Å². The molecular weight excluding hydrogens is 236 g/mol. The Bertz CT molecular complexity index is 311. The third-order valence-corrected chi connectivity index (χ3v) is 3.29. The third-order valence-electron chi connectivity index (χ3n) is 3.29. The highest BCUT2D eigenvalue weighted by atomic mass is 16.5. The quantitative estimate of drug-likeness (QED) is 0.701. The molecule has 3 N–H and O–H groups in total. The minimum Gasteiger partial charge on any atom is -0.480 e. The molecule has 0 aliphatic carbocycles. The van der Waals surface area contributed by atoms with Crippen molar-refractivity contribution in [3.63, 3.8) is 0 Å². The van der Waals surface area contributed by atoms with Crippen molar-refractivity contribution < 1.29 is 19.4 Å². The van der Waals surface area contributed by atoms with E-state index in [4.69, 9.17) is 9.84 Å². The molecular formula is C12H22N2O4. The molecule has 0 aromatic heterocycles. The number of carboxylic acids is 1. The predicted octanol–water partition coefficient (Wildman–Crippen LogP) is 0.964. The molecule has 18 heavy (non-hydrogen) atoms. The van der Waals surface area contributed by atoms with E-state index in [1.54, 1.807) is 0 Å². The van der Waals surface area contributed by atoms with Crippen LogP contribution in [0.1, 0.15) is 33.6 Å². The van der Waals surface area contributed by atoms with Crippen molar-refractivity contribution in [2.24, 2.45) is 5.92 Å². The van der Waals surface area contributed by atoms with Crippen molar-refractivity contribution in [3.05, 3.63) is 0 Å². The van der Waals surface area contributed by atoms with E-state index in [1.807, 2.05) is 6.92 Å². The van der Waals surface area contributed by atoms with Crippen molar-refractivity contribution in [2.75, 3.05) is 13.2 Å². The van der Waals surface area contributed by atoms with Gasteiger partial charge in [-0.25, -0.2) is 9.59 Å². The van der Waals surface area contributed by atoms with E-state index in [0.717, 1.165) is 26.1 Å². The van der Waals surface area contributed by atoms with E-state index in [1.165, 1.54) is 13.8 Å². The molecule has 0 radical (unpaired) electrons. The second-order valence-electron chi connectivity index (χ2n) is 5.27. The predicted molar refractivity (Wildman–Crippen MR) is 66.4 cm³/mol. The van der Waals surface area contributed by atoms with Crippen LogP contribution in [0.15, 0.2) is 0 Å². The number of ether oxygens (including phenoxy) is 1. The summed E-state index contributed by atoms with van der Waals surface area (Å²) in [5.41, 5.74) is -1.26. The number of hydrogen-bond donors (Lipinski definition) is 3. The highest BCUT2D eigenvalue weighted by Gasteiger charge is 2.30. The fourth-order valence-electron chi connectivity index (χ4n) is 1.91. The number of hydrogen-bond acceptors (Lipinski definition) is 3. The first-order chi connectivity index (χ1) is 8.33. The van der Waals surface area contributed by atoms with Gasteiger partial charge < -0.3 is 20.5 Å². The van der Waals surface area contributed by atoms with Gasteiger partial charge >= 0.3 is 12.0 Å². The van der Waals surface area contributed by atoms with E-state index in [0.29, 0.717) is 5.92 Å². The summed E-state index contributed by atoms with van der Waals surface area (Å²) in [6.45, 7) is 6.28. The lowest BCUT2D eigenvalue weighted by molar-refractivity contribution is -0.142. The number of nitrogens with one attached hydrogen (secondary N) is 2. The summed E-state index contributed by atoms with van der Waals surface area (Å²) in [6, 6.07) is -0.431. The van der Waals surface area contributed by atoms with Crippen LogP contribution in [-0.4, -0.2) is 41.9 Å². The maximum Gasteiger partial charge on any atom is 0.328 e. The monoisotopic (exact) mass is 258 g/mol. The van der Waals surface area contributed by atoms with Crippen molar-refractivity contribution in [3.8, 4) is 0 Å². The first kappa shape index (κ1) is 14.8. The van der Waals surface area contributed by atoms with Crippen LogP contribution in [0.4, 0.5) is 4.79 Å². The summed E-state index contributed by atoms with van der Waals surface area (Å²) in [4.78, 5) is 22.6. The van der Waals surface area contributed by atoms with Crippen molar-refractivity contribution in [2.45, 2.75) is 45.2 Å². The number of aliphatic carboxylic acids is 1. The van der Waals surface area contributed by atoms with Gasteiger partial charge in [-0.2, -0.15) is 0 Å². The number of carbonyl (C=O) groups is 2. The first-order valence-corrected chi connectivity index (χ1v) is 6.23.